The summed E-state index contributed by atoms with van der Waals surface area (Å²) in [6.07, 6.45) is 1.76. The van der Waals surface area contributed by atoms with Crippen LogP contribution >= 0.6 is 37.2 Å². The van der Waals surface area contributed by atoms with Gasteiger partial charge in [0, 0.05) is 0 Å². The number of benzene rings is 1. The molecule has 0 saturated carbocycles. The van der Waals surface area contributed by atoms with Gasteiger partial charge in [0.2, 0.25) is 0 Å². The molecule has 0 radical (unpaired) electrons. The van der Waals surface area contributed by atoms with Crippen molar-refractivity contribution in [2.45, 2.75) is 32.2 Å². The molecule has 0 spiro atoms. The molecule has 5 nitrogen and oxygen atoms in total. The van der Waals surface area contributed by atoms with Gasteiger partial charge in [0.1, 0.15) is 6.04 Å². The third-order valence-corrected chi connectivity index (χ3v) is 3.25. The number of carboxylic acid groups (broad SMARTS) is 1. The number of fused-ring (bicyclic) bond motifs is 1. The molecule has 124 valence electrons. The molecule has 8 heteroatoms. The summed E-state index contributed by atoms with van der Waals surface area (Å²) in [4.78, 5) is 36.5. The monoisotopic (exact) mass is 369 g/mol. The van der Waals surface area contributed by atoms with Gasteiger partial charge in [-0.15, -0.1) is 37.2 Å². The quantitative estimate of drug-likeness (QED) is 0.808. The molecule has 0 fully saturated rings. The zero-order chi connectivity index (χ0) is 14.0. The minimum atomic E-state index is -1.14. The number of nitrogens with zero attached hydrogens (tertiary/aromatic N) is 1. The normalized spacial score (nSPS) is 13.4. The van der Waals surface area contributed by atoms with Gasteiger partial charge in [0.05, 0.1) is 11.1 Å². The van der Waals surface area contributed by atoms with Crippen LogP contribution in [0, 0.1) is 0 Å². The lowest BCUT2D eigenvalue weighted by Crippen LogP contribution is -2.44. The number of amides is 2. The number of rotatable bonds is 5. The highest BCUT2D eigenvalue weighted by atomic mass is 35.5. The summed E-state index contributed by atoms with van der Waals surface area (Å²) in [6, 6.07) is 5.35. The number of hydrogen-bond acceptors (Lipinski definition) is 3. The van der Waals surface area contributed by atoms with Crippen molar-refractivity contribution < 1.29 is 19.5 Å². The maximum atomic E-state index is 12.2. The summed E-state index contributed by atoms with van der Waals surface area (Å²) < 4.78 is 0. The Kier molecular flexibility index (Phi) is 10.1. The molecular formula is C14H18Cl3NO4. The zero-order valence-electron chi connectivity index (χ0n) is 11.9. The molecular weight excluding hydrogens is 353 g/mol. The van der Waals surface area contributed by atoms with Gasteiger partial charge in [-0.25, -0.2) is 4.79 Å². The Morgan fingerprint density at radius 3 is 1.91 bits per heavy atom. The Labute approximate surface area is 147 Å². The average Bonchev–Trinajstić information content (AvgIpc) is 2.64. The van der Waals surface area contributed by atoms with Crippen LogP contribution in [-0.4, -0.2) is 33.8 Å². The van der Waals surface area contributed by atoms with Crippen LogP contribution in [0.1, 0.15) is 46.9 Å². The first-order valence-electron chi connectivity index (χ1n) is 6.27. The maximum absolute atomic E-state index is 12.2. The number of aliphatic carboxylic acids is 1. The predicted molar refractivity (Wildman–Crippen MR) is 89.6 cm³/mol. The van der Waals surface area contributed by atoms with E-state index in [-0.39, 0.29) is 54.8 Å². The highest BCUT2D eigenvalue weighted by molar-refractivity contribution is 6.22. The second kappa shape index (κ2) is 9.66. The zero-order valence-corrected chi connectivity index (χ0v) is 14.3. The van der Waals surface area contributed by atoms with Crippen molar-refractivity contribution in [2.75, 3.05) is 0 Å². The van der Waals surface area contributed by atoms with E-state index < -0.39 is 23.8 Å². The summed E-state index contributed by atoms with van der Waals surface area (Å²) in [6.45, 7) is 1.93. The fraction of sp³-hybridized carbons (Fsp3) is 0.357. The van der Waals surface area contributed by atoms with Crippen LogP contribution in [0.15, 0.2) is 24.3 Å². The molecule has 22 heavy (non-hydrogen) atoms. The van der Waals surface area contributed by atoms with Gasteiger partial charge in [0.15, 0.2) is 0 Å². The second-order valence-corrected chi connectivity index (χ2v) is 4.52. The summed E-state index contributed by atoms with van der Waals surface area (Å²) in [5.41, 5.74) is 0.575. The van der Waals surface area contributed by atoms with Crippen molar-refractivity contribution in [1.82, 2.24) is 4.90 Å². The third-order valence-electron chi connectivity index (χ3n) is 3.25. The van der Waals surface area contributed by atoms with E-state index in [9.17, 15) is 19.5 Å². The first-order chi connectivity index (χ1) is 9.07. The van der Waals surface area contributed by atoms with E-state index in [0.29, 0.717) is 6.42 Å². The smallest absolute Gasteiger partial charge is 0.326 e. The van der Waals surface area contributed by atoms with Crippen LogP contribution < -0.4 is 0 Å². The molecule has 1 heterocycles. The van der Waals surface area contributed by atoms with Crippen LogP contribution in [-0.2, 0) is 4.79 Å². The summed E-state index contributed by atoms with van der Waals surface area (Å²) in [5, 5.41) is 9.23. The van der Waals surface area contributed by atoms with Crippen LogP contribution in [0.3, 0.4) is 0 Å². The summed E-state index contributed by atoms with van der Waals surface area (Å²) in [7, 11) is 0. The number of halogens is 3. The van der Waals surface area contributed by atoms with Crippen LogP contribution in [0.5, 0.6) is 0 Å². The van der Waals surface area contributed by atoms with Gasteiger partial charge in [0.25, 0.3) is 11.8 Å². The van der Waals surface area contributed by atoms with E-state index in [1.807, 2.05) is 6.92 Å². The first kappa shape index (κ1) is 23.0. The lowest BCUT2D eigenvalue weighted by Gasteiger charge is -2.22. The van der Waals surface area contributed by atoms with Crippen molar-refractivity contribution in [1.29, 1.82) is 0 Å². The van der Waals surface area contributed by atoms with E-state index in [4.69, 9.17) is 0 Å². The molecule has 0 aromatic heterocycles. The Morgan fingerprint density at radius 1 is 1.09 bits per heavy atom. The standard InChI is InChI=1S/C14H15NO4.3ClH/c1-2-3-8-11(14(18)19)15-12(16)9-6-4-5-7-10(9)13(15)17;;;/h4-7,11H,2-3,8H2,1H3,(H,18,19);3*1H. The number of hydrogen-bond donors (Lipinski definition) is 1. The third kappa shape index (κ3) is 4.12. The highest BCUT2D eigenvalue weighted by Gasteiger charge is 2.42. The fourth-order valence-corrected chi connectivity index (χ4v) is 2.25. The van der Waals surface area contributed by atoms with Crippen LogP contribution in [0.25, 0.3) is 0 Å². The Balaban J connectivity index is 0. The van der Waals surface area contributed by atoms with Crippen molar-refractivity contribution in [3.8, 4) is 0 Å². The Hall–Kier alpha value is -1.30. The summed E-state index contributed by atoms with van der Waals surface area (Å²) >= 11 is 0. The number of carbonyl (C=O) groups excluding carboxylic acids is 2. The second-order valence-electron chi connectivity index (χ2n) is 4.52. The minimum Gasteiger partial charge on any atom is -0.480 e. The number of imide groups is 1. The molecule has 1 atom stereocenters. The molecule has 1 aliphatic rings. The largest absolute Gasteiger partial charge is 0.480 e. The molecule has 0 saturated heterocycles. The Morgan fingerprint density at radius 2 is 1.55 bits per heavy atom. The van der Waals surface area contributed by atoms with Gasteiger partial charge >= 0.3 is 5.97 Å². The molecule has 1 aromatic carbocycles. The average molecular weight is 371 g/mol. The molecule has 2 amide bonds. The van der Waals surface area contributed by atoms with E-state index in [0.717, 1.165) is 11.3 Å². The lowest BCUT2D eigenvalue weighted by atomic mass is 10.1. The van der Waals surface area contributed by atoms with Gasteiger partial charge in [-0.05, 0) is 18.6 Å². The van der Waals surface area contributed by atoms with Crippen molar-refractivity contribution in [2.24, 2.45) is 0 Å². The van der Waals surface area contributed by atoms with Gasteiger partial charge in [-0.3, -0.25) is 14.5 Å². The molecule has 1 unspecified atom stereocenters. The molecule has 1 aromatic rings. The van der Waals surface area contributed by atoms with Gasteiger partial charge in [-0.2, -0.15) is 0 Å². The first-order valence-corrected chi connectivity index (χ1v) is 6.27. The van der Waals surface area contributed by atoms with E-state index in [2.05, 4.69) is 0 Å². The molecule has 0 aliphatic carbocycles. The van der Waals surface area contributed by atoms with Crippen LogP contribution in [0.2, 0.25) is 0 Å². The van der Waals surface area contributed by atoms with Crippen molar-refractivity contribution in [3.63, 3.8) is 0 Å². The highest BCUT2D eigenvalue weighted by Crippen LogP contribution is 2.26. The number of carbonyl (C=O) groups is 3. The Bertz CT molecular complexity index is 516. The minimum absolute atomic E-state index is 0. The van der Waals surface area contributed by atoms with Gasteiger partial charge in [-0.1, -0.05) is 31.9 Å². The van der Waals surface area contributed by atoms with E-state index in [1.54, 1.807) is 24.3 Å². The fourth-order valence-electron chi connectivity index (χ4n) is 2.25. The van der Waals surface area contributed by atoms with Crippen LogP contribution in [0.4, 0.5) is 0 Å². The maximum Gasteiger partial charge on any atom is 0.326 e. The SMILES string of the molecule is CCCCC(C(=O)O)N1C(=O)c2ccccc2C1=O.Cl.Cl.Cl. The summed E-state index contributed by atoms with van der Waals surface area (Å²) in [5.74, 6) is -2.16. The number of unbranched alkanes of at least 4 members (excludes halogenated alkanes) is 1. The number of carboxylic acids is 1. The molecule has 2 rings (SSSR count). The molecule has 1 N–H and O–H groups in total. The lowest BCUT2D eigenvalue weighted by molar-refractivity contribution is -0.141. The molecule has 0 bridgehead atoms. The topological polar surface area (TPSA) is 74.7 Å². The molecule has 1 aliphatic heterocycles. The van der Waals surface area contributed by atoms with Crippen molar-refractivity contribution >= 4 is 55.0 Å². The van der Waals surface area contributed by atoms with E-state index >= 15 is 0 Å². The van der Waals surface area contributed by atoms with E-state index in [1.165, 1.54) is 0 Å². The van der Waals surface area contributed by atoms with Crippen molar-refractivity contribution in [3.05, 3.63) is 35.4 Å². The predicted octanol–water partition coefficient (Wildman–Crippen LogP) is 3.19. The van der Waals surface area contributed by atoms with Gasteiger partial charge < -0.3 is 5.11 Å².